The summed E-state index contributed by atoms with van der Waals surface area (Å²) in [6.07, 6.45) is 0.282. The van der Waals surface area contributed by atoms with E-state index in [4.69, 9.17) is 14.8 Å². The van der Waals surface area contributed by atoms with Gasteiger partial charge in [0.2, 0.25) is 11.0 Å². The van der Waals surface area contributed by atoms with Crippen molar-refractivity contribution in [2.45, 2.75) is 26.2 Å². The first-order valence-corrected chi connectivity index (χ1v) is 10.4. The van der Waals surface area contributed by atoms with Crippen LogP contribution in [0.15, 0.2) is 36.4 Å². The van der Waals surface area contributed by atoms with E-state index in [1.807, 2.05) is 32.0 Å². The van der Waals surface area contributed by atoms with Gasteiger partial charge in [-0.1, -0.05) is 23.5 Å². The molecule has 152 valence electrons. The predicted octanol–water partition coefficient (Wildman–Crippen LogP) is 4.29. The lowest BCUT2D eigenvalue weighted by molar-refractivity contribution is -0.116. The van der Waals surface area contributed by atoms with Gasteiger partial charge < -0.3 is 15.2 Å². The molecule has 0 fully saturated rings. The molecule has 5 rings (SSSR count). The lowest BCUT2D eigenvalue weighted by atomic mass is 9.85. The van der Waals surface area contributed by atoms with Crippen molar-refractivity contribution in [3.63, 3.8) is 0 Å². The third kappa shape index (κ3) is 2.91. The largest absolute Gasteiger partial charge is 0.504 e. The average molecular weight is 420 g/mol. The molecule has 2 N–H and O–H groups in total. The summed E-state index contributed by atoms with van der Waals surface area (Å²) in [6, 6.07) is 11.4. The summed E-state index contributed by atoms with van der Waals surface area (Å²) < 4.78 is 7.94. The molecular formula is C22H20N4O3S. The quantitative estimate of drug-likeness (QED) is 0.516. The summed E-state index contributed by atoms with van der Waals surface area (Å²) in [5, 5.41) is 18.6. The Balaban J connectivity index is 1.65. The Labute approximate surface area is 176 Å². The Morgan fingerprint density at radius 2 is 2.07 bits per heavy atom. The number of carbonyl (C=O) groups excluding carboxylic acids is 1. The number of aryl methyl sites for hydroxylation is 2. The summed E-state index contributed by atoms with van der Waals surface area (Å²) in [6.45, 7) is 3.98. The van der Waals surface area contributed by atoms with Crippen LogP contribution in [0.25, 0.3) is 15.3 Å². The number of aromatic nitrogens is 3. The molecule has 2 aromatic carbocycles. The Bertz CT molecular complexity index is 1310. The van der Waals surface area contributed by atoms with E-state index in [1.165, 1.54) is 24.0 Å². The summed E-state index contributed by atoms with van der Waals surface area (Å²) >= 11 is 1.54. The highest BCUT2D eigenvalue weighted by Crippen LogP contribution is 2.42. The maximum atomic E-state index is 12.6. The zero-order valence-electron chi connectivity index (χ0n) is 16.8. The highest BCUT2D eigenvalue weighted by molar-refractivity contribution is 7.20. The molecular weight excluding hydrogens is 400 g/mol. The number of hydrogen-bond acceptors (Lipinski definition) is 6. The fourth-order valence-corrected chi connectivity index (χ4v) is 5.03. The molecule has 0 radical (unpaired) electrons. The summed E-state index contributed by atoms with van der Waals surface area (Å²) in [5.41, 5.74) is 4.67. The van der Waals surface area contributed by atoms with E-state index in [0.717, 1.165) is 27.0 Å². The minimum Gasteiger partial charge on any atom is -0.504 e. The molecule has 4 aromatic rings. The number of thiazole rings is 1. The highest BCUT2D eigenvalue weighted by Gasteiger charge is 2.33. The van der Waals surface area contributed by atoms with Crippen molar-refractivity contribution in [3.8, 4) is 16.6 Å². The van der Waals surface area contributed by atoms with Crippen molar-refractivity contribution in [3.05, 3.63) is 58.8 Å². The number of anilines is 1. The van der Waals surface area contributed by atoms with Crippen molar-refractivity contribution in [2.75, 3.05) is 12.4 Å². The van der Waals surface area contributed by atoms with Gasteiger partial charge in [0.05, 0.1) is 23.0 Å². The SMILES string of the molecule is COc1ccc([C@@H]2CC(=O)Nc3c2c(C)nn3-c2nc3ccc(C)cc3s2)cc1O. The Hall–Kier alpha value is -3.39. The number of ether oxygens (including phenoxy) is 1. The minimum absolute atomic E-state index is 0.0501. The van der Waals surface area contributed by atoms with Gasteiger partial charge in [0.25, 0.3) is 0 Å². The molecule has 1 atom stereocenters. The van der Waals surface area contributed by atoms with Crippen LogP contribution in [-0.2, 0) is 4.79 Å². The van der Waals surface area contributed by atoms with E-state index in [-0.39, 0.29) is 24.0 Å². The fraction of sp³-hybridized carbons (Fsp3) is 0.227. The van der Waals surface area contributed by atoms with Crippen molar-refractivity contribution in [1.82, 2.24) is 14.8 Å². The maximum absolute atomic E-state index is 12.6. The van der Waals surface area contributed by atoms with Crippen LogP contribution in [0.1, 0.15) is 34.7 Å². The van der Waals surface area contributed by atoms with Gasteiger partial charge in [-0.3, -0.25) is 4.79 Å². The van der Waals surface area contributed by atoms with Crippen LogP contribution in [-0.4, -0.2) is 32.9 Å². The molecule has 1 amide bonds. The summed E-state index contributed by atoms with van der Waals surface area (Å²) in [7, 11) is 1.51. The molecule has 0 bridgehead atoms. The smallest absolute Gasteiger partial charge is 0.226 e. The first-order valence-electron chi connectivity index (χ1n) is 9.58. The second-order valence-electron chi connectivity index (χ2n) is 7.46. The fourth-order valence-electron chi connectivity index (χ4n) is 4.00. The van der Waals surface area contributed by atoms with Crippen LogP contribution in [0, 0.1) is 13.8 Å². The summed E-state index contributed by atoms with van der Waals surface area (Å²) in [5.74, 6) is 0.780. The minimum atomic E-state index is -0.212. The van der Waals surface area contributed by atoms with Crippen molar-refractivity contribution in [1.29, 1.82) is 0 Å². The van der Waals surface area contributed by atoms with Gasteiger partial charge in [0.15, 0.2) is 11.5 Å². The van der Waals surface area contributed by atoms with Crippen molar-refractivity contribution >= 4 is 33.3 Å². The van der Waals surface area contributed by atoms with Crippen LogP contribution in [0.4, 0.5) is 5.82 Å². The Morgan fingerprint density at radius 3 is 2.83 bits per heavy atom. The standard InChI is InChI=1S/C22H20N4O3S/c1-11-4-6-15-18(8-11)30-22(23-15)26-21-20(12(2)25-26)14(10-19(28)24-21)13-5-7-17(29-3)16(27)9-13/h4-9,14,27H,10H2,1-3H3,(H,24,28)/t14-/m0/s1. The van der Waals surface area contributed by atoms with Crippen LogP contribution >= 0.6 is 11.3 Å². The van der Waals surface area contributed by atoms with Crippen LogP contribution < -0.4 is 10.1 Å². The van der Waals surface area contributed by atoms with E-state index in [0.29, 0.717) is 16.7 Å². The van der Waals surface area contributed by atoms with E-state index in [2.05, 4.69) is 11.4 Å². The lowest BCUT2D eigenvalue weighted by Gasteiger charge is -2.24. The van der Waals surface area contributed by atoms with Gasteiger partial charge >= 0.3 is 0 Å². The van der Waals surface area contributed by atoms with E-state index < -0.39 is 0 Å². The monoisotopic (exact) mass is 420 g/mol. The van der Waals surface area contributed by atoms with Gasteiger partial charge in [-0.05, 0) is 49.2 Å². The zero-order chi connectivity index (χ0) is 21.0. The Kier molecular flexibility index (Phi) is 4.25. The number of hydrogen-bond donors (Lipinski definition) is 2. The molecule has 1 aliphatic rings. The van der Waals surface area contributed by atoms with Crippen molar-refractivity contribution < 1.29 is 14.6 Å². The zero-order valence-corrected chi connectivity index (χ0v) is 17.6. The first kappa shape index (κ1) is 18.6. The highest BCUT2D eigenvalue weighted by atomic mass is 32.1. The van der Waals surface area contributed by atoms with Crippen LogP contribution in [0.5, 0.6) is 11.5 Å². The first-order chi connectivity index (χ1) is 14.4. The van der Waals surface area contributed by atoms with Crippen molar-refractivity contribution in [2.24, 2.45) is 0 Å². The number of fused-ring (bicyclic) bond motifs is 2. The van der Waals surface area contributed by atoms with Gasteiger partial charge in [0, 0.05) is 17.9 Å². The number of phenols is 1. The number of amides is 1. The number of nitrogens with one attached hydrogen (secondary N) is 1. The van der Waals surface area contributed by atoms with Crippen LogP contribution in [0.3, 0.4) is 0 Å². The second-order valence-corrected chi connectivity index (χ2v) is 8.47. The van der Waals surface area contributed by atoms with Gasteiger partial charge in [-0.25, -0.2) is 4.98 Å². The number of methoxy groups -OCH3 is 1. The van der Waals surface area contributed by atoms with Gasteiger partial charge in [-0.2, -0.15) is 9.78 Å². The topological polar surface area (TPSA) is 89.3 Å². The van der Waals surface area contributed by atoms with Crippen LogP contribution in [0.2, 0.25) is 0 Å². The molecule has 1 aliphatic heterocycles. The normalized spacial score (nSPS) is 15.8. The number of benzene rings is 2. The van der Waals surface area contributed by atoms with Gasteiger partial charge in [0.1, 0.15) is 5.82 Å². The number of nitrogens with zero attached hydrogens (tertiary/aromatic N) is 3. The molecule has 3 heterocycles. The third-order valence-electron chi connectivity index (χ3n) is 5.42. The molecule has 0 saturated carbocycles. The van der Waals surface area contributed by atoms with Gasteiger partial charge in [-0.15, -0.1) is 0 Å². The number of aromatic hydroxyl groups is 1. The predicted molar refractivity (Wildman–Crippen MR) is 116 cm³/mol. The molecule has 2 aromatic heterocycles. The molecule has 0 unspecified atom stereocenters. The maximum Gasteiger partial charge on any atom is 0.226 e. The number of rotatable bonds is 3. The second kappa shape index (κ2) is 6.84. The number of phenolic OH excluding ortho intramolecular Hbond substituents is 1. The molecule has 30 heavy (non-hydrogen) atoms. The number of carbonyl (C=O) groups is 1. The average Bonchev–Trinajstić information content (AvgIpc) is 3.27. The van der Waals surface area contributed by atoms with E-state index in [1.54, 1.807) is 16.8 Å². The molecule has 0 aliphatic carbocycles. The Morgan fingerprint density at radius 1 is 1.23 bits per heavy atom. The summed E-state index contributed by atoms with van der Waals surface area (Å²) in [4.78, 5) is 17.3. The molecule has 7 nitrogen and oxygen atoms in total. The lowest BCUT2D eigenvalue weighted by Crippen LogP contribution is -2.24. The van der Waals surface area contributed by atoms with E-state index >= 15 is 0 Å². The molecule has 8 heteroatoms. The molecule has 0 spiro atoms. The molecule has 0 saturated heterocycles. The van der Waals surface area contributed by atoms with E-state index in [9.17, 15) is 9.90 Å². The third-order valence-corrected chi connectivity index (χ3v) is 6.42.